The Morgan fingerprint density at radius 3 is 2.27 bits per heavy atom. The van der Waals surface area contributed by atoms with Crippen molar-refractivity contribution in [2.75, 3.05) is 18.4 Å². The molecule has 2 aromatic rings. The summed E-state index contributed by atoms with van der Waals surface area (Å²) in [4.78, 5) is 11.8. The molecule has 0 fully saturated rings. The van der Waals surface area contributed by atoms with E-state index in [1.807, 2.05) is 60.7 Å². The highest BCUT2D eigenvalue weighted by molar-refractivity contribution is 5.76. The predicted molar refractivity (Wildman–Crippen MR) is 88.6 cm³/mol. The summed E-state index contributed by atoms with van der Waals surface area (Å²) in [6.45, 7) is 1.39. The molecule has 0 heterocycles. The lowest BCUT2D eigenvalue weighted by molar-refractivity contribution is -0.123. The van der Waals surface area contributed by atoms with Crippen molar-refractivity contribution in [2.45, 2.75) is 18.9 Å². The fourth-order valence-corrected chi connectivity index (χ4v) is 2.15. The van der Waals surface area contributed by atoms with Gasteiger partial charge in [-0.3, -0.25) is 4.79 Å². The summed E-state index contributed by atoms with van der Waals surface area (Å²) in [6.07, 6.45) is 0.182. The third-order valence-electron chi connectivity index (χ3n) is 3.34. The molecular weight excluding hydrogens is 276 g/mol. The maximum absolute atomic E-state index is 11.8. The van der Waals surface area contributed by atoms with Crippen molar-refractivity contribution >= 4 is 11.6 Å². The number of rotatable bonds is 8. The van der Waals surface area contributed by atoms with Gasteiger partial charge in [0.2, 0.25) is 5.91 Å². The van der Waals surface area contributed by atoms with Crippen molar-refractivity contribution < 1.29 is 9.90 Å². The molecule has 3 N–H and O–H groups in total. The highest BCUT2D eigenvalue weighted by atomic mass is 16.3. The van der Waals surface area contributed by atoms with Gasteiger partial charge in [0.15, 0.2) is 0 Å². The second-order valence-corrected chi connectivity index (χ2v) is 5.13. The minimum absolute atomic E-state index is 0.0934. The van der Waals surface area contributed by atoms with Gasteiger partial charge >= 0.3 is 0 Å². The highest BCUT2D eigenvalue weighted by Gasteiger charge is 2.11. The number of carbonyl (C=O) groups excluding carboxylic acids is 1. The molecule has 0 aliphatic heterocycles. The van der Waals surface area contributed by atoms with Crippen molar-refractivity contribution in [3.8, 4) is 0 Å². The van der Waals surface area contributed by atoms with Gasteiger partial charge in [-0.2, -0.15) is 0 Å². The van der Waals surface area contributed by atoms with Gasteiger partial charge in [0, 0.05) is 18.8 Å². The number of hydrogen-bond acceptors (Lipinski definition) is 3. The fourth-order valence-electron chi connectivity index (χ4n) is 2.15. The van der Waals surface area contributed by atoms with Crippen LogP contribution in [-0.2, 0) is 4.79 Å². The maximum Gasteiger partial charge on any atom is 0.222 e. The van der Waals surface area contributed by atoms with Gasteiger partial charge in [-0.05, 0) is 24.1 Å². The van der Waals surface area contributed by atoms with E-state index in [1.54, 1.807) is 0 Å². The number of nitrogens with one attached hydrogen (secondary N) is 2. The lowest BCUT2D eigenvalue weighted by Crippen LogP contribution is -2.27. The Bertz CT molecular complexity index is 558. The number of benzene rings is 2. The first kappa shape index (κ1) is 16.0. The standard InChI is InChI=1S/C18H22N2O2/c21-17(15-8-3-1-4-9-15)14-18(22)20-13-7-12-19-16-10-5-2-6-11-16/h1-6,8-11,17,19,21H,7,12-14H2,(H,20,22). The molecule has 1 amide bonds. The first-order valence-electron chi connectivity index (χ1n) is 7.54. The first-order chi connectivity index (χ1) is 10.8. The molecule has 0 aliphatic carbocycles. The molecule has 0 aliphatic rings. The third kappa shape index (κ3) is 5.58. The Labute approximate surface area is 131 Å². The molecule has 116 valence electrons. The van der Waals surface area contributed by atoms with Crippen LogP contribution in [0.1, 0.15) is 24.5 Å². The summed E-state index contributed by atoms with van der Waals surface area (Å²) in [6, 6.07) is 19.2. The molecular formula is C18H22N2O2. The first-order valence-corrected chi connectivity index (χ1v) is 7.54. The molecule has 0 bridgehead atoms. The van der Waals surface area contributed by atoms with E-state index < -0.39 is 6.10 Å². The van der Waals surface area contributed by atoms with Gasteiger partial charge in [0.05, 0.1) is 12.5 Å². The molecule has 22 heavy (non-hydrogen) atoms. The van der Waals surface area contributed by atoms with Crippen LogP contribution in [0.5, 0.6) is 0 Å². The van der Waals surface area contributed by atoms with Crippen LogP contribution in [0.2, 0.25) is 0 Å². The smallest absolute Gasteiger partial charge is 0.222 e. The molecule has 2 rings (SSSR count). The summed E-state index contributed by atoms with van der Waals surface area (Å²) in [7, 11) is 0. The average Bonchev–Trinajstić information content (AvgIpc) is 2.56. The summed E-state index contributed by atoms with van der Waals surface area (Å²) in [5, 5.41) is 16.1. The summed E-state index contributed by atoms with van der Waals surface area (Å²) in [5.74, 6) is -0.129. The molecule has 0 saturated carbocycles. The molecule has 0 aromatic heterocycles. The normalized spacial score (nSPS) is 11.7. The van der Waals surface area contributed by atoms with Gasteiger partial charge in [0.1, 0.15) is 0 Å². The molecule has 1 unspecified atom stereocenters. The molecule has 4 heteroatoms. The van der Waals surface area contributed by atoms with Crippen LogP contribution >= 0.6 is 0 Å². The zero-order valence-electron chi connectivity index (χ0n) is 12.5. The fraction of sp³-hybridized carbons (Fsp3) is 0.278. The Morgan fingerprint density at radius 2 is 1.59 bits per heavy atom. The third-order valence-corrected chi connectivity index (χ3v) is 3.34. The van der Waals surface area contributed by atoms with Crippen LogP contribution < -0.4 is 10.6 Å². The average molecular weight is 298 g/mol. The largest absolute Gasteiger partial charge is 0.388 e. The van der Waals surface area contributed by atoms with Crippen LogP contribution in [0.3, 0.4) is 0 Å². The van der Waals surface area contributed by atoms with E-state index >= 15 is 0 Å². The van der Waals surface area contributed by atoms with Gasteiger partial charge in [-0.1, -0.05) is 48.5 Å². The van der Waals surface area contributed by atoms with Gasteiger partial charge < -0.3 is 15.7 Å². The zero-order valence-corrected chi connectivity index (χ0v) is 12.5. The number of amides is 1. The molecule has 0 radical (unpaired) electrons. The second kappa shape index (κ2) is 8.85. The summed E-state index contributed by atoms with van der Waals surface area (Å²) < 4.78 is 0. The maximum atomic E-state index is 11.8. The Morgan fingerprint density at radius 1 is 0.955 bits per heavy atom. The topological polar surface area (TPSA) is 61.4 Å². The van der Waals surface area contributed by atoms with Gasteiger partial charge in [0.25, 0.3) is 0 Å². The summed E-state index contributed by atoms with van der Waals surface area (Å²) >= 11 is 0. The van der Waals surface area contributed by atoms with Gasteiger partial charge in [-0.15, -0.1) is 0 Å². The van der Waals surface area contributed by atoms with Gasteiger partial charge in [-0.25, -0.2) is 0 Å². The Balaban J connectivity index is 1.60. The van der Waals surface area contributed by atoms with E-state index in [-0.39, 0.29) is 12.3 Å². The van der Waals surface area contributed by atoms with Crippen LogP contribution in [0, 0.1) is 0 Å². The van der Waals surface area contributed by atoms with Crippen molar-refractivity contribution in [1.82, 2.24) is 5.32 Å². The monoisotopic (exact) mass is 298 g/mol. The van der Waals surface area contributed by atoms with E-state index in [0.717, 1.165) is 24.2 Å². The zero-order chi connectivity index (χ0) is 15.6. The van der Waals surface area contributed by atoms with Crippen molar-refractivity contribution in [3.05, 3.63) is 66.2 Å². The molecule has 1 atom stereocenters. The van der Waals surface area contributed by atoms with E-state index in [0.29, 0.717) is 6.54 Å². The van der Waals surface area contributed by atoms with Crippen molar-refractivity contribution in [3.63, 3.8) is 0 Å². The summed E-state index contributed by atoms with van der Waals surface area (Å²) in [5.41, 5.74) is 1.84. The number of para-hydroxylation sites is 1. The number of carbonyl (C=O) groups is 1. The molecule has 2 aromatic carbocycles. The van der Waals surface area contributed by atoms with Crippen LogP contribution in [-0.4, -0.2) is 24.1 Å². The van der Waals surface area contributed by atoms with E-state index in [1.165, 1.54) is 0 Å². The number of anilines is 1. The quantitative estimate of drug-likeness (QED) is 0.657. The van der Waals surface area contributed by atoms with E-state index in [4.69, 9.17) is 0 Å². The van der Waals surface area contributed by atoms with Crippen LogP contribution in [0.4, 0.5) is 5.69 Å². The Kier molecular flexibility index (Phi) is 6.45. The SMILES string of the molecule is O=C(CC(O)c1ccccc1)NCCCNc1ccccc1. The second-order valence-electron chi connectivity index (χ2n) is 5.13. The number of aliphatic hydroxyl groups is 1. The number of hydrogen-bond donors (Lipinski definition) is 3. The van der Waals surface area contributed by atoms with Crippen LogP contribution in [0.25, 0.3) is 0 Å². The Hall–Kier alpha value is -2.33. The molecule has 0 saturated heterocycles. The minimum atomic E-state index is -0.747. The molecule has 0 spiro atoms. The number of aliphatic hydroxyl groups excluding tert-OH is 1. The van der Waals surface area contributed by atoms with E-state index in [9.17, 15) is 9.90 Å². The minimum Gasteiger partial charge on any atom is -0.388 e. The molecule has 4 nitrogen and oxygen atoms in total. The lowest BCUT2D eigenvalue weighted by atomic mass is 10.1. The van der Waals surface area contributed by atoms with E-state index in [2.05, 4.69) is 10.6 Å². The van der Waals surface area contributed by atoms with Crippen molar-refractivity contribution in [1.29, 1.82) is 0 Å². The van der Waals surface area contributed by atoms with Crippen LogP contribution in [0.15, 0.2) is 60.7 Å². The van der Waals surface area contributed by atoms with Crippen molar-refractivity contribution in [2.24, 2.45) is 0 Å². The lowest BCUT2D eigenvalue weighted by Gasteiger charge is -2.11. The highest BCUT2D eigenvalue weighted by Crippen LogP contribution is 2.15. The predicted octanol–water partition coefficient (Wildman–Crippen LogP) is 2.73.